The summed E-state index contributed by atoms with van der Waals surface area (Å²) >= 11 is 0. The van der Waals surface area contributed by atoms with Crippen molar-refractivity contribution in [1.29, 1.82) is 5.26 Å². The van der Waals surface area contributed by atoms with Gasteiger partial charge in [-0.3, -0.25) is 0 Å². The van der Waals surface area contributed by atoms with Crippen molar-refractivity contribution in [2.75, 3.05) is 0 Å². The van der Waals surface area contributed by atoms with Crippen LogP contribution >= 0.6 is 0 Å². The van der Waals surface area contributed by atoms with Gasteiger partial charge in [0.15, 0.2) is 0 Å². The SMILES string of the molecule is Cc1ccc(Cc2nc3cc(C#N)ccc3n2C)cc1. The number of hydrogen-bond donors (Lipinski definition) is 0. The van der Waals surface area contributed by atoms with Crippen LogP contribution in [0.1, 0.15) is 22.5 Å². The minimum Gasteiger partial charge on any atom is -0.331 e. The van der Waals surface area contributed by atoms with E-state index in [2.05, 4.69) is 46.8 Å². The van der Waals surface area contributed by atoms with E-state index in [1.165, 1.54) is 11.1 Å². The molecular weight excluding hydrogens is 246 g/mol. The van der Waals surface area contributed by atoms with E-state index in [9.17, 15) is 0 Å². The zero-order valence-corrected chi connectivity index (χ0v) is 11.6. The van der Waals surface area contributed by atoms with E-state index < -0.39 is 0 Å². The van der Waals surface area contributed by atoms with Crippen LogP contribution in [0.25, 0.3) is 11.0 Å². The lowest BCUT2D eigenvalue weighted by atomic mass is 10.1. The monoisotopic (exact) mass is 261 g/mol. The van der Waals surface area contributed by atoms with Crippen LogP contribution in [0.3, 0.4) is 0 Å². The standard InChI is InChI=1S/C17H15N3/c1-12-3-5-13(6-4-12)10-17-19-15-9-14(11-18)7-8-16(15)20(17)2/h3-9H,10H2,1-2H3. The summed E-state index contributed by atoms with van der Waals surface area (Å²) in [6, 6.07) is 16.3. The van der Waals surface area contributed by atoms with E-state index in [0.29, 0.717) is 5.56 Å². The van der Waals surface area contributed by atoms with Gasteiger partial charge in [-0.25, -0.2) is 4.98 Å². The number of nitrogens with zero attached hydrogens (tertiary/aromatic N) is 3. The first-order valence-corrected chi connectivity index (χ1v) is 6.58. The molecule has 3 nitrogen and oxygen atoms in total. The molecule has 98 valence electrons. The second kappa shape index (κ2) is 4.82. The Morgan fingerprint density at radius 3 is 2.60 bits per heavy atom. The van der Waals surface area contributed by atoms with Gasteiger partial charge >= 0.3 is 0 Å². The molecule has 0 N–H and O–H groups in total. The summed E-state index contributed by atoms with van der Waals surface area (Å²) in [5, 5.41) is 8.95. The molecule has 0 amide bonds. The fraction of sp³-hybridized carbons (Fsp3) is 0.176. The third-order valence-corrected chi connectivity index (χ3v) is 3.59. The maximum atomic E-state index is 8.95. The van der Waals surface area contributed by atoms with Gasteiger partial charge in [-0.2, -0.15) is 5.26 Å². The highest BCUT2D eigenvalue weighted by Gasteiger charge is 2.09. The molecule has 20 heavy (non-hydrogen) atoms. The fourth-order valence-electron chi connectivity index (χ4n) is 2.37. The molecule has 0 fully saturated rings. The summed E-state index contributed by atoms with van der Waals surface area (Å²) in [7, 11) is 2.02. The molecular formula is C17H15N3. The maximum Gasteiger partial charge on any atom is 0.114 e. The Kier molecular flexibility index (Phi) is 3.00. The average Bonchev–Trinajstić information content (AvgIpc) is 2.77. The van der Waals surface area contributed by atoms with Crippen LogP contribution in [0.15, 0.2) is 42.5 Å². The quantitative estimate of drug-likeness (QED) is 0.710. The summed E-state index contributed by atoms with van der Waals surface area (Å²) in [4.78, 5) is 4.65. The molecule has 0 spiro atoms. The molecule has 0 saturated heterocycles. The zero-order valence-electron chi connectivity index (χ0n) is 11.6. The van der Waals surface area contributed by atoms with Crippen LogP contribution < -0.4 is 0 Å². The van der Waals surface area contributed by atoms with Gasteiger partial charge in [0.2, 0.25) is 0 Å². The first-order valence-electron chi connectivity index (χ1n) is 6.58. The van der Waals surface area contributed by atoms with Crippen molar-refractivity contribution in [3.05, 3.63) is 65.0 Å². The first-order chi connectivity index (χ1) is 9.67. The molecule has 3 heteroatoms. The number of rotatable bonds is 2. The third kappa shape index (κ3) is 2.17. The Morgan fingerprint density at radius 1 is 1.15 bits per heavy atom. The van der Waals surface area contributed by atoms with Crippen molar-refractivity contribution in [2.45, 2.75) is 13.3 Å². The Morgan fingerprint density at radius 2 is 1.90 bits per heavy atom. The third-order valence-electron chi connectivity index (χ3n) is 3.59. The normalized spacial score (nSPS) is 10.7. The Bertz CT molecular complexity index is 805. The molecule has 2 aromatic carbocycles. The zero-order chi connectivity index (χ0) is 14.1. The van der Waals surface area contributed by atoms with Crippen molar-refractivity contribution in [2.24, 2.45) is 7.05 Å². The topological polar surface area (TPSA) is 41.6 Å². The second-order valence-electron chi connectivity index (χ2n) is 5.06. The molecule has 0 saturated carbocycles. The minimum atomic E-state index is 0.650. The van der Waals surface area contributed by atoms with Gasteiger partial charge in [0.25, 0.3) is 0 Å². The van der Waals surface area contributed by atoms with Gasteiger partial charge < -0.3 is 4.57 Å². The van der Waals surface area contributed by atoms with E-state index in [1.807, 2.05) is 25.2 Å². The number of aryl methyl sites for hydroxylation is 2. The molecule has 0 unspecified atom stereocenters. The smallest absolute Gasteiger partial charge is 0.114 e. The summed E-state index contributed by atoms with van der Waals surface area (Å²) < 4.78 is 2.09. The van der Waals surface area contributed by atoms with Crippen molar-refractivity contribution in [1.82, 2.24) is 9.55 Å². The van der Waals surface area contributed by atoms with E-state index in [0.717, 1.165) is 23.3 Å². The highest BCUT2D eigenvalue weighted by atomic mass is 15.1. The minimum absolute atomic E-state index is 0.650. The number of benzene rings is 2. The van der Waals surface area contributed by atoms with Crippen LogP contribution in [0.5, 0.6) is 0 Å². The molecule has 3 aromatic rings. The van der Waals surface area contributed by atoms with Gasteiger partial charge in [-0.15, -0.1) is 0 Å². The predicted octanol–water partition coefficient (Wildman–Crippen LogP) is 3.34. The lowest BCUT2D eigenvalue weighted by Crippen LogP contribution is -1.99. The number of hydrogen-bond acceptors (Lipinski definition) is 2. The van der Waals surface area contributed by atoms with Gasteiger partial charge in [0, 0.05) is 13.5 Å². The Hall–Kier alpha value is -2.60. The highest BCUT2D eigenvalue weighted by molar-refractivity contribution is 5.77. The fourth-order valence-corrected chi connectivity index (χ4v) is 2.37. The van der Waals surface area contributed by atoms with Crippen LogP contribution in [0.2, 0.25) is 0 Å². The van der Waals surface area contributed by atoms with Crippen molar-refractivity contribution < 1.29 is 0 Å². The molecule has 1 heterocycles. The van der Waals surface area contributed by atoms with Crippen LogP contribution in [-0.4, -0.2) is 9.55 Å². The number of aromatic nitrogens is 2. The van der Waals surface area contributed by atoms with Gasteiger partial charge in [-0.05, 0) is 30.7 Å². The maximum absolute atomic E-state index is 8.95. The van der Waals surface area contributed by atoms with Crippen molar-refractivity contribution in [3.8, 4) is 6.07 Å². The van der Waals surface area contributed by atoms with Gasteiger partial charge in [-0.1, -0.05) is 29.8 Å². The summed E-state index contributed by atoms with van der Waals surface area (Å²) in [6.45, 7) is 2.09. The number of imidazole rings is 1. The summed E-state index contributed by atoms with van der Waals surface area (Å²) in [5.74, 6) is 1.01. The molecule has 0 aliphatic carbocycles. The molecule has 3 rings (SSSR count). The van der Waals surface area contributed by atoms with Gasteiger partial charge in [0.05, 0.1) is 22.7 Å². The number of fused-ring (bicyclic) bond motifs is 1. The Labute approximate surface area is 118 Å². The van der Waals surface area contributed by atoms with Crippen LogP contribution in [-0.2, 0) is 13.5 Å². The summed E-state index contributed by atoms with van der Waals surface area (Å²) in [6.07, 6.45) is 0.799. The van der Waals surface area contributed by atoms with E-state index >= 15 is 0 Å². The van der Waals surface area contributed by atoms with E-state index in [4.69, 9.17) is 5.26 Å². The molecule has 0 bridgehead atoms. The molecule has 0 atom stereocenters. The van der Waals surface area contributed by atoms with Crippen molar-refractivity contribution in [3.63, 3.8) is 0 Å². The van der Waals surface area contributed by atoms with Crippen LogP contribution in [0.4, 0.5) is 0 Å². The predicted molar refractivity (Wildman–Crippen MR) is 79.4 cm³/mol. The molecule has 0 radical (unpaired) electrons. The highest BCUT2D eigenvalue weighted by Crippen LogP contribution is 2.18. The van der Waals surface area contributed by atoms with E-state index in [-0.39, 0.29) is 0 Å². The lowest BCUT2D eigenvalue weighted by molar-refractivity contribution is 0.844. The number of nitriles is 1. The lowest BCUT2D eigenvalue weighted by Gasteiger charge is -2.03. The van der Waals surface area contributed by atoms with Crippen molar-refractivity contribution >= 4 is 11.0 Å². The van der Waals surface area contributed by atoms with Gasteiger partial charge in [0.1, 0.15) is 5.82 Å². The van der Waals surface area contributed by atoms with Crippen LogP contribution in [0, 0.1) is 18.3 Å². The average molecular weight is 261 g/mol. The van der Waals surface area contributed by atoms with E-state index in [1.54, 1.807) is 0 Å². The second-order valence-corrected chi connectivity index (χ2v) is 5.06. The molecule has 1 aromatic heterocycles. The summed E-state index contributed by atoms with van der Waals surface area (Å²) in [5.41, 5.74) is 5.10. The largest absolute Gasteiger partial charge is 0.331 e. The Balaban J connectivity index is 2.01. The molecule has 0 aliphatic heterocycles. The first kappa shape index (κ1) is 12.4. The molecule has 0 aliphatic rings.